The first-order valence-electron chi connectivity index (χ1n) is 7.13. The number of nitrogens with one attached hydrogen (secondary N) is 1. The molecule has 3 rings (SSSR count). The Morgan fingerprint density at radius 2 is 2.25 bits per heavy atom. The second kappa shape index (κ2) is 5.25. The van der Waals surface area contributed by atoms with Crippen LogP contribution in [0.1, 0.15) is 35.2 Å². The van der Waals surface area contributed by atoms with Crippen molar-refractivity contribution in [2.45, 2.75) is 31.7 Å². The average molecular weight is 273 g/mol. The summed E-state index contributed by atoms with van der Waals surface area (Å²) in [5.74, 6) is 0.0182. The van der Waals surface area contributed by atoms with Crippen LogP contribution in [-0.2, 0) is 11.2 Å². The Morgan fingerprint density at radius 3 is 3.05 bits per heavy atom. The largest absolute Gasteiger partial charge is 0.334 e. The van der Waals surface area contributed by atoms with E-state index < -0.39 is 0 Å². The van der Waals surface area contributed by atoms with Gasteiger partial charge in [0.25, 0.3) is 5.91 Å². The van der Waals surface area contributed by atoms with E-state index in [-0.39, 0.29) is 17.9 Å². The monoisotopic (exact) mass is 273 g/mol. The van der Waals surface area contributed by atoms with Crippen LogP contribution < -0.4 is 11.1 Å². The summed E-state index contributed by atoms with van der Waals surface area (Å²) in [7, 11) is 0. The number of carbonyl (C=O) groups excluding carboxylic acids is 2. The number of nitrogens with two attached hydrogens (primary N) is 1. The van der Waals surface area contributed by atoms with Crippen molar-refractivity contribution >= 4 is 17.5 Å². The molecule has 5 nitrogen and oxygen atoms in total. The zero-order valence-corrected chi connectivity index (χ0v) is 11.4. The Bertz CT molecular complexity index is 556. The van der Waals surface area contributed by atoms with E-state index >= 15 is 0 Å². The maximum Gasteiger partial charge on any atom is 0.254 e. The molecule has 0 saturated carbocycles. The van der Waals surface area contributed by atoms with Gasteiger partial charge in [-0.1, -0.05) is 0 Å². The number of anilines is 1. The molecule has 2 aliphatic heterocycles. The van der Waals surface area contributed by atoms with Gasteiger partial charge in [0, 0.05) is 30.4 Å². The van der Waals surface area contributed by atoms with Crippen LogP contribution in [0.15, 0.2) is 18.2 Å². The highest BCUT2D eigenvalue weighted by molar-refractivity contribution is 6.01. The van der Waals surface area contributed by atoms with Crippen molar-refractivity contribution in [2.24, 2.45) is 5.73 Å². The van der Waals surface area contributed by atoms with Crippen LogP contribution in [0.4, 0.5) is 5.69 Å². The van der Waals surface area contributed by atoms with Crippen LogP contribution in [0.25, 0.3) is 0 Å². The summed E-state index contributed by atoms with van der Waals surface area (Å²) in [6.07, 6.45) is 3.51. The van der Waals surface area contributed by atoms with Crippen molar-refractivity contribution < 1.29 is 9.59 Å². The molecule has 5 heteroatoms. The molecule has 1 fully saturated rings. The molecule has 2 aliphatic rings. The first-order valence-corrected chi connectivity index (χ1v) is 7.13. The van der Waals surface area contributed by atoms with Gasteiger partial charge in [-0.15, -0.1) is 0 Å². The Morgan fingerprint density at radius 1 is 1.40 bits per heavy atom. The lowest BCUT2D eigenvalue weighted by Crippen LogP contribution is -2.47. The van der Waals surface area contributed by atoms with Gasteiger partial charge in [-0.3, -0.25) is 9.59 Å². The number of fused-ring (bicyclic) bond motifs is 1. The fraction of sp³-hybridized carbons (Fsp3) is 0.467. The molecule has 2 heterocycles. The summed E-state index contributed by atoms with van der Waals surface area (Å²) < 4.78 is 0. The van der Waals surface area contributed by atoms with E-state index in [2.05, 4.69) is 5.32 Å². The van der Waals surface area contributed by atoms with Crippen molar-refractivity contribution in [3.63, 3.8) is 0 Å². The molecule has 0 aliphatic carbocycles. The fourth-order valence-corrected chi connectivity index (χ4v) is 3.04. The molecule has 0 aromatic heterocycles. The second-order valence-corrected chi connectivity index (χ2v) is 5.48. The van der Waals surface area contributed by atoms with Crippen LogP contribution in [0, 0.1) is 0 Å². The van der Waals surface area contributed by atoms with Crippen LogP contribution in [0.2, 0.25) is 0 Å². The number of likely N-dealkylation sites (tertiary alicyclic amines) is 1. The van der Waals surface area contributed by atoms with Gasteiger partial charge >= 0.3 is 0 Å². The van der Waals surface area contributed by atoms with Gasteiger partial charge < -0.3 is 16.0 Å². The van der Waals surface area contributed by atoms with Crippen LogP contribution in [0.5, 0.6) is 0 Å². The number of nitrogens with zero attached hydrogens (tertiary/aromatic N) is 1. The van der Waals surface area contributed by atoms with E-state index in [4.69, 9.17) is 5.73 Å². The Hall–Kier alpha value is -1.88. The number of hydrogen-bond donors (Lipinski definition) is 2. The summed E-state index contributed by atoms with van der Waals surface area (Å²) >= 11 is 0. The summed E-state index contributed by atoms with van der Waals surface area (Å²) in [6, 6.07) is 5.57. The Balaban J connectivity index is 1.83. The fourth-order valence-electron chi connectivity index (χ4n) is 3.04. The highest BCUT2D eigenvalue weighted by Gasteiger charge is 2.27. The molecular formula is C15H19N3O2. The zero-order valence-electron chi connectivity index (χ0n) is 11.4. The molecule has 1 aromatic rings. The molecule has 3 N–H and O–H groups in total. The first kappa shape index (κ1) is 13.1. The van der Waals surface area contributed by atoms with Gasteiger partial charge in [0.15, 0.2) is 0 Å². The lowest BCUT2D eigenvalue weighted by molar-refractivity contribution is -0.115. The van der Waals surface area contributed by atoms with E-state index in [1.165, 1.54) is 0 Å². The average Bonchev–Trinajstić information content (AvgIpc) is 2.85. The Labute approximate surface area is 118 Å². The minimum atomic E-state index is -0.0117. The highest BCUT2D eigenvalue weighted by atomic mass is 16.2. The third-order valence-corrected chi connectivity index (χ3v) is 4.14. The minimum absolute atomic E-state index is 0.0117. The number of amides is 2. The van der Waals surface area contributed by atoms with Crippen molar-refractivity contribution in [3.8, 4) is 0 Å². The predicted molar refractivity (Wildman–Crippen MR) is 76.5 cm³/mol. The van der Waals surface area contributed by atoms with Gasteiger partial charge in [-0.25, -0.2) is 0 Å². The number of carbonyl (C=O) groups is 2. The molecule has 1 saturated heterocycles. The van der Waals surface area contributed by atoms with Gasteiger partial charge in [-0.05, 0) is 43.0 Å². The standard InChI is InChI=1S/C15H19N3O2/c16-9-12-3-1-2-6-18(12)15(20)10-4-5-13-11(7-10)8-14(19)17-13/h4-5,7,12H,1-3,6,8-9,16H2,(H,17,19). The third kappa shape index (κ3) is 2.29. The SMILES string of the molecule is NCC1CCCCN1C(=O)c1ccc2c(c1)CC(=O)N2. The van der Waals surface area contributed by atoms with E-state index in [1.807, 2.05) is 17.0 Å². The lowest BCUT2D eigenvalue weighted by atomic mass is 10.00. The zero-order chi connectivity index (χ0) is 14.1. The maximum atomic E-state index is 12.6. The Kier molecular flexibility index (Phi) is 3.44. The molecular weight excluding hydrogens is 254 g/mol. The number of piperidine rings is 1. The normalized spacial score (nSPS) is 21.6. The number of benzene rings is 1. The van der Waals surface area contributed by atoms with E-state index in [9.17, 15) is 9.59 Å². The maximum absolute atomic E-state index is 12.6. The van der Waals surface area contributed by atoms with Crippen molar-refractivity contribution in [2.75, 3.05) is 18.4 Å². The van der Waals surface area contributed by atoms with Gasteiger partial charge in [0.2, 0.25) is 5.91 Å². The van der Waals surface area contributed by atoms with Gasteiger partial charge in [-0.2, -0.15) is 0 Å². The van der Waals surface area contributed by atoms with E-state index in [1.54, 1.807) is 6.07 Å². The molecule has 106 valence electrons. The van der Waals surface area contributed by atoms with Crippen LogP contribution in [-0.4, -0.2) is 35.8 Å². The van der Waals surface area contributed by atoms with Crippen LogP contribution >= 0.6 is 0 Å². The van der Waals surface area contributed by atoms with E-state index in [0.29, 0.717) is 18.5 Å². The summed E-state index contributed by atoms with van der Waals surface area (Å²) in [5, 5.41) is 2.78. The second-order valence-electron chi connectivity index (χ2n) is 5.48. The molecule has 1 unspecified atom stereocenters. The summed E-state index contributed by atoms with van der Waals surface area (Å²) in [5.41, 5.74) is 8.15. The highest BCUT2D eigenvalue weighted by Crippen LogP contribution is 2.26. The summed E-state index contributed by atoms with van der Waals surface area (Å²) in [6.45, 7) is 1.28. The van der Waals surface area contributed by atoms with Gasteiger partial charge in [0.05, 0.1) is 6.42 Å². The predicted octanol–water partition coefficient (Wildman–Crippen LogP) is 1.13. The van der Waals surface area contributed by atoms with Crippen molar-refractivity contribution in [3.05, 3.63) is 29.3 Å². The van der Waals surface area contributed by atoms with Gasteiger partial charge in [0.1, 0.15) is 0 Å². The van der Waals surface area contributed by atoms with Crippen LogP contribution in [0.3, 0.4) is 0 Å². The molecule has 1 aromatic carbocycles. The third-order valence-electron chi connectivity index (χ3n) is 4.14. The van der Waals surface area contributed by atoms with E-state index in [0.717, 1.165) is 37.1 Å². The topological polar surface area (TPSA) is 75.4 Å². The first-order chi connectivity index (χ1) is 9.69. The van der Waals surface area contributed by atoms with Crippen molar-refractivity contribution in [1.82, 2.24) is 4.90 Å². The van der Waals surface area contributed by atoms with Crippen molar-refractivity contribution in [1.29, 1.82) is 0 Å². The number of rotatable bonds is 2. The quantitative estimate of drug-likeness (QED) is 0.848. The minimum Gasteiger partial charge on any atom is -0.334 e. The lowest BCUT2D eigenvalue weighted by Gasteiger charge is -2.35. The summed E-state index contributed by atoms with van der Waals surface area (Å²) in [4.78, 5) is 25.9. The molecule has 1 atom stereocenters. The molecule has 20 heavy (non-hydrogen) atoms. The molecule has 0 radical (unpaired) electrons. The molecule has 0 spiro atoms. The smallest absolute Gasteiger partial charge is 0.254 e. The molecule has 0 bridgehead atoms. The number of hydrogen-bond acceptors (Lipinski definition) is 3. The molecule has 2 amide bonds.